The number of hydrogen-bond acceptors (Lipinski definition) is 1. The van der Waals surface area contributed by atoms with Crippen LogP contribution in [0.4, 0.5) is 0 Å². The van der Waals surface area contributed by atoms with Crippen LogP contribution in [0.2, 0.25) is 0 Å². The Kier molecular flexibility index (Phi) is 4.14. The number of hydrogen-bond donors (Lipinski definition) is 1. The summed E-state index contributed by atoms with van der Waals surface area (Å²) < 4.78 is 0. The van der Waals surface area contributed by atoms with Crippen molar-refractivity contribution in [2.45, 2.75) is 64.8 Å². The lowest BCUT2D eigenvalue weighted by atomic mass is 9.86. The van der Waals surface area contributed by atoms with E-state index in [0.29, 0.717) is 6.04 Å². The lowest BCUT2D eigenvalue weighted by Gasteiger charge is -2.22. The van der Waals surface area contributed by atoms with Gasteiger partial charge in [0, 0.05) is 6.04 Å². The lowest BCUT2D eigenvalue weighted by Crippen LogP contribution is -2.28. The zero-order chi connectivity index (χ0) is 15.0. The Labute approximate surface area is 130 Å². The standard InChI is InChI=1S/C20H31N/c1-14(15-9-11-18(12-10-15)20(2,3)4)21-13-19(16-5-6-16)17-7-8-17/h9-12,14,16-17,19,21H,5-8,13H2,1-4H3. The minimum Gasteiger partial charge on any atom is -0.310 e. The molecule has 0 heterocycles. The molecule has 0 spiro atoms. The Hall–Kier alpha value is -0.820. The normalized spacial score (nSPS) is 20.8. The Morgan fingerprint density at radius 2 is 1.52 bits per heavy atom. The Morgan fingerprint density at radius 3 is 1.95 bits per heavy atom. The molecular formula is C20H31N. The van der Waals surface area contributed by atoms with Crippen LogP contribution < -0.4 is 5.32 Å². The van der Waals surface area contributed by atoms with E-state index in [9.17, 15) is 0 Å². The summed E-state index contributed by atoms with van der Waals surface area (Å²) in [6, 6.07) is 9.68. The highest BCUT2D eigenvalue weighted by atomic mass is 14.9. The van der Waals surface area contributed by atoms with Crippen molar-refractivity contribution in [3.63, 3.8) is 0 Å². The maximum Gasteiger partial charge on any atom is 0.0291 e. The molecule has 0 aromatic heterocycles. The van der Waals surface area contributed by atoms with E-state index in [1.165, 1.54) is 43.4 Å². The third kappa shape index (κ3) is 3.88. The van der Waals surface area contributed by atoms with Gasteiger partial charge in [-0.2, -0.15) is 0 Å². The molecule has 21 heavy (non-hydrogen) atoms. The molecule has 1 heteroatoms. The topological polar surface area (TPSA) is 12.0 Å². The second kappa shape index (κ2) is 5.76. The largest absolute Gasteiger partial charge is 0.310 e. The fourth-order valence-corrected chi connectivity index (χ4v) is 3.47. The van der Waals surface area contributed by atoms with Crippen LogP contribution in [-0.4, -0.2) is 6.54 Å². The molecule has 1 N–H and O–H groups in total. The van der Waals surface area contributed by atoms with Crippen LogP contribution in [0.3, 0.4) is 0 Å². The third-order valence-electron chi connectivity index (χ3n) is 5.39. The van der Waals surface area contributed by atoms with Gasteiger partial charge in [-0.05, 0) is 73.4 Å². The van der Waals surface area contributed by atoms with Crippen LogP contribution in [0.5, 0.6) is 0 Å². The van der Waals surface area contributed by atoms with Crippen molar-refractivity contribution >= 4 is 0 Å². The van der Waals surface area contributed by atoms with Gasteiger partial charge in [0.1, 0.15) is 0 Å². The van der Waals surface area contributed by atoms with Gasteiger partial charge in [-0.3, -0.25) is 0 Å². The summed E-state index contributed by atoms with van der Waals surface area (Å²) in [5.74, 6) is 3.04. The molecule has 1 aromatic rings. The molecule has 2 saturated carbocycles. The van der Waals surface area contributed by atoms with E-state index in [4.69, 9.17) is 0 Å². The zero-order valence-electron chi connectivity index (χ0n) is 14.2. The fraction of sp³-hybridized carbons (Fsp3) is 0.700. The molecule has 0 bridgehead atoms. The average molecular weight is 285 g/mol. The molecular weight excluding hydrogens is 254 g/mol. The molecule has 0 saturated heterocycles. The molecule has 0 radical (unpaired) electrons. The van der Waals surface area contributed by atoms with E-state index in [0.717, 1.165) is 17.8 Å². The number of nitrogens with one attached hydrogen (secondary N) is 1. The van der Waals surface area contributed by atoms with E-state index >= 15 is 0 Å². The minimum atomic E-state index is 0.248. The highest BCUT2D eigenvalue weighted by Gasteiger charge is 2.41. The average Bonchev–Trinajstić information content (AvgIpc) is 3.31. The predicted molar refractivity (Wildman–Crippen MR) is 90.5 cm³/mol. The predicted octanol–water partition coefficient (Wildman–Crippen LogP) is 5.07. The molecule has 1 unspecified atom stereocenters. The van der Waals surface area contributed by atoms with Gasteiger partial charge in [-0.1, -0.05) is 45.0 Å². The summed E-state index contributed by atoms with van der Waals surface area (Å²) in [6.07, 6.45) is 5.93. The van der Waals surface area contributed by atoms with Crippen LogP contribution in [0, 0.1) is 17.8 Å². The van der Waals surface area contributed by atoms with E-state index in [1.54, 1.807) is 0 Å². The molecule has 2 aliphatic carbocycles. The number of benzene rings is 1. The van der Waals surface area contributed by atoms with Crippen LogP contribution in [0.25, 0.3) is 0 Å². The summed E-state index contributed by atoms with van der Waals surface area (Å²) in [6.45, 7) is 10.4. The second-order valence-electron chi connectivity index (χ2n) is 8.34. The second-order valence-corrected chi connectivity index (χ2v) is 8.34. The lowest BCUT2D eigenvalue weighted by molar-refractivity contribution is 0.362. The minimum absolute atomic E-state index is 0.248. The van der Waals surface area contributed by atoms with E-state index in [-0.39, 0.29) is 5.41 Å². The monoisotopic (exact) mass is 285 g/mol. The van der Waals surface area contributed by atoms with Crippen LogP contribution in [-0.2, 0) is 5.41 Å². The highest BCUT2D eigenvalue weighted by molar-refractivity contribution is 5.29. The third-order valence-corrected chi connectivity index (χ3v) is 5.39. The fourth-order valence-electron chi connectivity index (χ4n) is 3.47. The van der Waals surface area contributed by atoms with Crippen molar-refractivity contribution in [2.24, 2.45) is 17.8 Å². The van der Waals surface area contributed by atoms with Crippen molar-refractivity contribution < 1.29 is 0 Å². The van der Waals surface area contributed by atoms with Gasteiger partial charge in [0.05, 0.1) is 0 Å². The molecule has 0 amide bonds. The molecule has 1 nitrogen and oxygen atoms in total. The van der Waals surface area contributed by atoms with Crippen LogP contribution in [0.15, 0.2) is 24.3 Å². The van der Waals surface area contributed by atoms with Gasteiger partial charge in [-0.15, -0.1) is 0 Å². The first-order valence-corrected chi connectivity index (χ1v) is 8.79. The maximum absolute atomic E-state index is 3.80. The first-order valence-electron chi connectivity index (χ1n) is 8.79. The van der Waals surface area contributed by atoms with Gasteiger partial charge < -0.3 is 5.32 Å². The smallest absolute Gasteiger partial charge is 0.0291 e. The molecule has 3 rings (SSSR count). The Balaban J connectivity index is 1.56. The van der Waals surface area contributed by atoms with Crippen molar-refractivity contribution in [2.75, 3.05) is 6.54 Å². The van der Waals surface area contributed by atoms with Crippen molar-refractivity contribution in [1.29, 1.82) is 0 Å². The summed E-state index contributed by atoms with van der Waals surface area (Å²) >= 11 is 0. The van der Waals surface area contributed by atoms with E-state index < -0.39 is 0 Å². The van der Waals surface area contributed by atoms with Crippen molar-refractivity contribution in [3.8, 4) is 0 Å². The molecule has 1 aromatic carbocycles. The van der Waals surface area contributed by atoms with E-state index in [2.05, 4.69) is 57.3 Å². The quantitative estimate of drug-likeness (QED) is 0.769. The zero-order valence-corrected chi connectivity index (χ0v) is 14.2. The highest BCUT2D eigenvalue weighted by Crippen LogP contribution is 2.49. The van der Waals surface area contributed by atoms with Gasteiger partial charge in [0.25, 0.3) is 0 Å². The van der Waals surface area contributed by atoms with Gasteiger partial charge in [0.15, 0.2) is 0 Å². The first-order chi connectivity index (χ1) is 9.95. The molecule has 2 fully saturated rings. The Morgan fingerprint density at radius 1 is 1.00 bits per heavy atom. The molecule has 2 aliphatic rings. The van der Waals surface area contributed by atoms with Crippen LogP contribution in [0.1, 0.15) is 70.5 Å². The first kappa shape index (κ1) is 15.1. The molecule has 116 valence electrons. The summed E-state index contributed by atoms with van der Waals surface area (Å²) in [7, 11) is 0. The summed E-state index contributed by atoms with van der Waals surface area (Å²) in [4.78, 5) is 0. The maximum atomic E-state index is 3.80. The van der Waals surface area contributed by atoms with Gasteiger partial charge >= 0.3 is 0 Å². The number of rotatable bonds is 6. The SMILES string of the molecule is CC(NCC(C1CC1)C1CC1)c1ccc(C(C)(C)C)cc1. The van der Waals surface area contributed by atoms with Gasteiger partial charge in [-0.25, -0.2) is 0 Å². The Bertz CT molecular complexity index is 448. The molecule has 0 aliphatic heterocycles. The van der Waals surface area contributed by atoms with Crippen molar-refractivity contribution in [1.82, 2.24) is 5.32 Å². The van der Waals surface area contributed by atoms with E-state index in [1.807, 2.05) is 0 Å². The summed E-state index contributed by atoms with van der Waals surface area (Å²) in [5.41, 5.74) is 3.10. The summed E-state index contributed by atoms with van der Waals surface area (Å²) in [5, 5.41) is 3.80. The van der Waals surface area contributed by atoms with Crippen molar-refractivity contribution in [3.05, 3.63) is 35.4 Å². The van der Waals surface area contributed by atoms with Crippen LogP contribution >= 0.6 is 0 Å². The molecule has 1 atom stereocenters. The van der Waals surface area contributed by atoms with Gasteiger partial charge in [0.2, 0.25) is 0 Å².